The molecule has 0 spiro atoms. The number of carbonyl (C=O) groups is 1. The SMILES string of the molecule is O=C(OCc1cc(Cl)c2c(c1)OCCO2)c1c2c(nc3ccccc13)CCCC2. The van der Waals surface area contributed by atoms with E-state index in [1.54, 1.807) is 6.07 Å². The van der Waals surface area contributed by atoms with Crippen molar-refractivity contribution in [3.63, 3.8) is 0 Å². The average Bonchev–Trinajstić information content (AvgIpc) is 2.76. The molecule has 5 rings (SSSR count). The Balaban J connectivity index is 1.46. The summed E-state index contributed by atoms with van der Waals surface area (Å²) < 4.78 is 16.9. The molecule has 1 aliphatic heterocycles. The predicted octanol–water partition coefficient (Wildman–Crippen LogP) is 4.90. The monoisotopic (exact) mass is 409 g/mol. The van der Waals surface area contributed by atoms with Crippen LogP contribution >= 0.6 is 11.6 Å². The Labute approximate surface area is 173 Å². The first kappa shape index (κ1) is 18.3. The molecule has 29 heavy (non-hydrogen) atoms. The average molecular weight is 410 g/mol. The second kappa shape index (κ2) is 7.56. The summed E-state index contributed by atoms with van der Waals surface area (Å²) in [5.41, 5.74) is 4.29. The maximum atomic E-state index is 13.1. The number of hydrogen-bond acceptors (Lipinski definition) is 5. The molecule has 0 N–H and O–H groups in total. The maximum absolute atomic E-state index is 13.1. The lowest BCUT2D eigenvalue weighted by molar-refractivity contribution is 0.0472. The van der Waals surface area contributed by atoms with Crippen molar-refractivity contribution >= 4 is 28.5 Å². The van der Waals surface area contributed by atoms with Crippen LogP contribution in [-0.4, -0.2) is 24.2 Å². The first-order chi connectivity index (χ1) is 14.2. The van der Waals surface area contributed by atoms with Crippen molar-refractivity contribution < 1.29 is 19.0 Å². The molecule has 5 nitrogen and oxygen atoms in total. The molecular formula is C23H20ClNO4. The summed E-state index contributed by atoms with van der Waals surface area (Å²) in [6.45, 7) is 1.06. The van der Waals surface area contributed by atoms with E-state index in [0.29, 0.717) is 35.3 Å². The third kappa shape index (κ3) is 3.40. The van der Waals surface area contributed by atoms with E-state index in [-0.39, 0.29) is 12.6 Å². The fourth-order valence-electron chi connectivity index (χ4n) is 4.07. The van der Waals surface area contributed by atoms with Gasteiger partial charge in [-0.05, 0) is 55.0 Å². The largest absolute Gasteiger partial charge is 0.486 e. The zero-order valence-electron chi connectivity index (χ0n) is 15.9. The van der Waals surface area contributed by atoms with Crippen molar-refractivity contribution in [2.45, 2.75) is 32.3 Å². The van der Waals surface area contributed by atoms with Crippen LogP contribution in [0.15, 0.2) is 36.4 Å². The Kier molecular flexibility index (Phi) is 4.76. The molecule has 2 aromatic carbocycles. The number of esters is 1. The molecule has 0 amide bonds. The van der Waals surface area contributed by atoms with Gasteiger partial charge >= 0.3 is 5.97 Å². The molecule has 0 bridgehead atoms. The zero-order chi connectivity index (χ0) is 19.8. The smallest absolute Gasteiger partial charge is 0.339 e. The zero-order valence-corrected chi connectivity index (χ0v) is 16.6. The van der Waals surface area contributed by atoms with Gasteiger partial charge in [-0.1, -0.05) is 29.8 Å². The minimum atomic E-state index is -0.326. The number of ether oxygens (including phenoxy) is 3. The van der Waals surface area contributed by atoms with Gasteiger partial charge in [-0.3, -0.25) is 4.98 Å². The van der Waals surface area contributed by atoms with E-state index in [4.69, 9.17) is 30.8 Å². The minimum Gasteiger partial charge on any atom is -0.486 e. The first-order valence-electron chi connectivity index (χ1n) is 9.86. The number of para-hydroxylation sites is 1. The van der Waals surface area contributed by atoms with Gasteiger partial charge in [0.05, 0.1) is 16.1 Å². The number of aromatic nitrogens is 1. The van der Waals surface area contributed by atoms with E-state index >= 15 is 0 Å². The van der Waals surface area contributed by atoms with Crippen molar-refractivity contribution in [1.29, 1.82) is 0 Å². The fraction of sp³-hybridized carbons (Fsp3) is 0.304. The van der Waals surface area contributed by atoms with Crippen molar-refractivity contribution in [2.24, 2.45) is 0 Å². The highest BCUT2D eigenvalue weighted by Gasteiger charge is 2.24. The topological polar surface area (TPSA) is 57.7 Å². The molecule has 3 aromatic rings. The van der Waals surface area contributed by atoms with Gasteiger partial charge in [0.25, 0.3) is 0 Å². The highest BCUT2D eigenvalue weighted by Crippen LogP contribution is 2.38. The van der Waals surface area contributed by atoms with Crippen LogP contribution in [0, 0.1) is 0 Å². The summed E-state index contributed by atoms with van der Waals surface area (Å²) >= 11 is 6.30. The summed E-state index contributed by atoms with van der Waals surface area (Å²) in [6.07, 6.45) is 3.92. The molecule has 6 heteroatoms. The summed E-state index contributed by atoms with van der Waals surface area (Å²) in [4.78, 5) is 17.9. The Morgan fingerprint density at radius 2 is 1.93 bits per heavy atom. The number of aryl methyl sites for hydroxylation is 1. The van der Waals surface area contributed by atoms with E-state index in [1.165, 1.54) is 0 Å². The Morgan fingerprint density at radius 3 is 2.86 bits per heavy atom. The number of carbonyl (C=O) groups excluding carboxylic acids is 1. The highest BCUT2D eigenvalue weighted by atomic mass is 35.5. The van der Waals surface area contributed by atoms with E-state index in [1.807, 2.05) is 30.3 Å². The summed E-state index contributed by atoms with van der Waals surface area (Å²) in [5, 5.41) is 1.30. The number of pyridine rings is 1. The second-order valence-electron chi connectivity index (χ2n) is 7.31. The highest BCUT2D eigenvalue weighted by molar-refractivity contribution is 6.32. The molecule has 2 heterocycles. The van der Waals surface area contributed by atoms with Crippen LogP contribution in [0.4, 0.5) is 0 Å². The van der Waals surface area contributed by atoms with E-state index < -0.39 is 0 Å². The molecule has 0 atom stereocenters. The molecule has 148 valence electrons. The molecule has 2 aliphatic rings. The first-order valence-corrected chi connectivity index (χ1v) is 10.2. The number of halogens is 1. The van der Waals surface area contributed by atoms with Crippen LogP contribution in [0.5, 0.6) is 11.5 Å². The van der Waals surface area contributed by atoms with Crippen molar-refractivity contribution in [1.82, 2.24) is 4.98 Å². The molecule has 0 fully saturated rings. The lowest BCUT2D eigenvalue weighted by Gasteiger charge is -2.21. The Hall–Kier alpha value is -2.79. The van der Waals surface area contributed by atoms with Crippen molar-refractivity contribution in [3.8, 4) is 11.5 Å². The lowest BCUT2D eigenvalue weighted by Crippen LogP contribution is -2.17. The lowest BCUT2D eigenvalue weighted by atomic mass is 9.90. The maximum Gasteiger partial charge on any atom is 0.339 e. The molecule has 1 aliphatic carbocycles. The molecular weight excluding hydrogens is 390 g/mol. The number of benzene rings is 2. The van der Waals surface area contributed by atoms with Gasteiger partial charge in [0.1, 0.15) is 19.8 Å². The molecule has 0 radical (unpaired) electrons. The van der Waals surface area contributed by atoms with E-state index in [2.05, 4.69) is 0 Å². The molecule has 0 unspecified atom stereocenters. The second-order valence-corrected chi connectivity index (χ2v) is 7.72. The van der Waals surface area contributed by atoms with Gasteiger partial charge in [-0.2, -0.15) is 0 Å². The van der Waals surface area contributed by atoms with Gasteiger partial charge < -0.3 is 14.2 Å². The molecule has 1 aromatic heterocycles. The van der Waals surface area contributed by atoms with Gasteiger partial charge in [0.2, 0.25) is 0 Å². The molecule has 0 saturated carbocycles. The van der Waals surface area contributed by atoms with Crippen LogP contribution in [0.2, 0.25) is 5.02 Å². The van der Waals surface area contributed by atoms with Gasteiger partial charge in [0, 0.05) is 11.1 Å². The quantitative estimate of drug-likeness (QED) is 0.576. The third-order valence-corrected chi connectivity index (χ3v) is 5.68. The summed E-state index contributed by atoms with van der Waals surface area (Å²) in [5.74, 6) is 0.802. The predicted molar refractivity (Wildman–Crippen MR) is 110 cm³/mol. The fourth-order valence-corrected chi connectivity index (χ4v) is 4.36. The minimum absolute atomic E-state index is 0.112. The number of hydrogen-bond donors (Lipinski definition) is 0. The molecule has 0 saturated heterocycles. The number of nitrogens with zero attached hydrogens (tertiary/aromatic N) is 1. The Bertz CT molecular complexity index is 1110. The van der Waals surface area contributed by atoms with Crippen molar-refractivity contribution in [3.05, 3.63) is 63.8 Å². The van der Waals surface area contributed by atoms with Crippen LogP contribution in [0.3, 0.4) is 0 Å². The van der Waals surface area contributed by atoms with Gasteiger partial charge in [-0.15, -0.1) is 0 Å². The van der Waals surface area contributed by atoms with Crippen molar-refractivity contribution in [2.75, 3.05) is 13.2 Å². The number of rotatable bonds is 3. The van der Waals surface area contributed by atoms with Gasteiger partial charge in [-0.25, -0.2) is 4.79 Å². The van der Waals surface area contributed by atoms with Crippen LogP contribution < -0.4 is 9.47 Å². The third-order valence-electron chi connectivity index (χ3n) is 5.40. The van der Waals surface area contributed by atoms with Gasteiger partial charge in [0.15, 0.2) is 11.5 Å². The summed E-state index contributed by atoms with van der Waals surface area (Å²) in [6, 6.07) is 11.3. The van der Waals surface area contributed by atoms with E-state index in [9.17, 15) is 4.79 Å². The van der Waals surface area contributed by atoms with E-state index in [0.717, 1.165) is 53.4 Å². The normalized spacial score (nSPS) is 15.1. The van der Waals surface area contributed by atoms with Crippen LogP contribution in [-0.2, 0) is 24.2 Å². The number of fused-ring (bicyclic) bond motifs is 3. The van der Waals surface area contributed by atoms with Crippen LogP contribution in [0.25, 0.3) is 10.9 Å². The summed E-state index contributed by atoms with van der Waals surface area (Å²) in [7, 11) is 0. The Morgan fingerprint density at radius 1 is 1.10 bits per heavy atom. The van der Waals surface area contributed by atoms with Crippen LogP contribution in [0.1, 0.15) is 40.0 Å². The standard InChI is InChI=1S/C23H20ClNO4/c24-17-11-14(12-20-22(17)28-10-9-27-20)13-29-23(26)21-15-5-1-3-7-18(15)25-19-8-4-2-6-16(19)21/h1,3,5,7,11-12H,2,4,6,8-10,13H2.